The molecule has 1 atom stereocenters. The summed E-state index contributed by atoms with van der Waals surface area (Å²) in [4.78, 5) is 42.6. The summed E-state index contributed by atoms with van der Waals surface area (Å²) in [6, 6.07) is 3.68. The van der Waals surface area contributed by atoms with Gasteiger partial charge < -0.3 is 25.9 Å². The van der Waals surface area contributed by atoms with Crippen molar-refractivity contribution in [2.45, 2.75) is 24.8 Å². The van der Waals surface area contributed by atoms with Crippen LogP contribution < -0.4 is 16.7 Å². The molecule has 0 saturated carbocycles. The number of rotatable bonds is 6. The Hall–Kier alpha value is -2.70. The summed E-state index contributed by atoms with van der Waals surface area (Å²) in [5, 5.41) is 2.63. The second kappa shape index (κ2) is 8.58. The number of aromatic amines is 2. The molecule has 30 heavy (non-hydrogen) atoms. The number of hydrogen-bond donors (Lipinski definition) is 4. The summed E-state index contributed by atoms with van der Waals surface area (Å²) in [6.07, 6.45) is 0. The highest BCUT2D eigenvalue weighted by Gasteiger charge is 2.34. The normalized spacial score (nSPS) is 16.7. The van der Waals surface area contributed by atoms with E-state index in [1.165, 1.54) is 22.5 Å². The zero-order valence-corrected chi connectivity index (χ0v) is 17.7. The van der Waals surface area contributed by atoms with Gasteiger partial charge in [0.15, 0.2) is 0 Å². The quantitative estimate of drug-likeness (QED) is 0.442. The van der Waals surface area contributed by atoms with E-state index in [2.05, 4.69) is 15.3 Å². The summed E-state index contributed by atoms with van der Waals surface area (Å²) in [6.45, 7) is 4.12. The van der Waals surface area contributed by atoms with Crippen molar-refractivity contribution in [2.24, 2.45) is 11.7 Å². The highest BCUT2D eigenvalue weighted by molar-refractivity contribution is 7.89. The van der Waals surface area contributed by atoms with Crippen LogP contribution in [0.15, 0.2) is 27.9 Å². The number of H-pyrrole nitrogens is 2. The minimum absolute atomic E-state index is 0.0697. The summed E-state index contributed by atoms with van der Waals surface area (Å²) in [5.74, 6) is -0.804. The van der Waals surface area contributed by atoms with E-state index in [0.29, 0.717) is 11.0 Å². The molecule has 1 fully saturated rings. The van der Waals surface area contributed by atoms with Crippen molar-refractivity contribution in [1.29, 1.82) is 0 Å². The van der Waals surface area contributed by atoms with Gasteiger partial charge in [0.2, 0.25) is 21.8 Å². The number of benzene rings is 1. The van der Waals surface area contributed by atoms with Gasteiger partial charge in [-0.25, -0.2) is 13.2 Å². The number of sulfonamides is 1. The maximum absolute atomic E-state index is 13.0. The summed E-state index contributed by atoms with van der Waals surface area (Å²) in [7, 11) is -3.78. The molecule has 164 valence electrons. The number of nitrogens with two attached hydrogens (primary N) is 1. The van der Waals surface area contributed by atoms with Crippen LogP contribution in [0.3, 0.4) is 0 Å². The number of imidazole rings is 1. The first kappa shape index (κ1) is 22.0. The Labute approximate surface area is 173 Å². The Balaban J connectivity index is 1.70. The molecular weight excluding hydrogens is 412 g/mol. The maximum Gasteiger partial charge on any atom is 0.323 e. The smallest absolute Gasteiger partial charge is 0.323 e. The highest BCUT2D eigenvalue weighted by Crippen LogP contribution is 2.21. The average molecular weight is 439 g/mol. The minimum Gasteiger partial charge on any atom is -0.343 e. The van der Waals surface area contributed by atoms with E-state index < -0.39 is 27.7 Å². The van der Waals surface area contributed by atoms with Crippen LogP contribution in [0.2, 0.25) is 0 Å². The first-order valence-electron chi connectivity index (χ1n) is 9.64. The van der Waals surface area contributed by atoms with Crippen LogP contribution in [0.1, 0.15) is 13.8 Å². The van der Waals surface area contributed by atoms with Crippen molar-refractivity contribution in [3.05, 3.63) is 28.7 Å². The molecule has 1 aromatic carbocycles. The average Bonchev–Trinajstić information content (AvgIpc) is 3.10. The number of hydrogen-bond acceptors (Lipinski definition) is 6. The molecule has 5 N–H and O–H groups in total. The summed E-state index contributed by atoms with van der Waals surface area (Å²) < 4.78 is 27.3. The van der Waals surface area contributed by atoms with Crippen molar-refractivity contribution in [3.63, 3.8) is 0 Å². The second-order valence-corrected chi connectivity index (χ2v) is 9.45. The van der Waals surface area contributed by atoms with Crippen LogP contribution in [-0.4, -0.2) is 78.2 Å². The largest absolute Gasteiger partial charge is 0.343 e. The van der Waals surface area contributed by atoms with E-state index in [4.69, 9.17) is 5.73 Å². The molecule has 0 radical (unpaired) electrons. The van der Waals surface area contributed by atoms with Crippen molar-refractivity contribution in [3.8, 4) is 0 Å². The molecule has 2 heterocycles. The molecule has 11 nitrogen and oxygen atoms in total. The van der Waals surface area contributed by atoms with E-state index in [1.807, 2.05) is 13.8 Å². The van der Waals surface area contributed by atoms with E-state index in [0.717, 1.165) is 0 Å². The third-order valence-corrected chi connectivity index (χ3v) is 7.00. The molecule has 2 amide bonds. The Morgan fingerprint density at radius 3 is 2.37 bits per heavy atom. The fourth-order valence-corrected chi connectivity index (χ4v) is 4.86. The van der Waals surface area contributed by atoms with Crippen LogP contribution in [0.4, 0.5) is 0 Å². The first-order chi connectivity index (χ1) is 14.1. The molecule has 0 aliphatic carbocycles. The van der Waals surface area contributed by atoms with Crippen LogP contribution in [0.5, 0.6) is 0 Å². The monoisotopic (exact) mass is 438 g/mol. The van der Waals surface area contributed by atoms with E-state index in [-0.39, 0.29) is 49.4 Å². The molecule has 3 rings (SSSR count). The lowest BCUT2D eigenvalue weighted by atomic mass is 10.0. The van der Waals surface area contributed by atoms with Crippen LogP contribution in [0, 0.1) is 5.92 Å². The van der Waals surface area contributed by atoms with Crippen LogP contribution in [0.25, 0.3) is 11.0 Å². The molecule has 12 heteroatoms. The Morgan fingerprint density at radius 1 is 1.13 bits per heavy atom. The number of fused-ring (bicyclic) bond motifs is 1. The lowest BCUT2D eigenvalue weighted by molar-refractivity contribution is -0.138. The van der Waals surface area contributed by atoms with E-state index >= 15 is 0 Å². The topological polar surface area (TPSA) is 161 Å². The first-order valence-corrected chi connectivity index (χ1v) is 11.1. The predicted octanol–water partition coefficient (Wildman–Crippen LogP) is -1.21. The third-order valence-electron chi connectivity index (χ3n) is 5.11. The standard InChI is InChI=1S/C18H26N6O5S/c1-11(2)16(22-15(25)10-19)17(26)23-5-7-24(8-6-23)30(28,29)12-3-4-13-14(9-12)21-18(27)20-13/h3-4,9,11,16H,5-8,10,19H2,1-2H3,(H,22,25)(H2,20,21,27)/t16-/m1/s1. The zero-order chi connectivity index (χ0) is 22.1. The predicted molar refractivity (Wildman–Crippen MR) is 110 cm³/mol. The molecule has 2 aromatic rings. The number of aromatic nitrogens is 2. The Bertz CT molecular complexity index is 1100. The van der Waals surface area contributed by atoms with Gasteiger partial charge in [-0.15, -0.1) is 0 Å². The molecule has 0 spiro atoms. The van der Waals surface area contributed by atoms with E-state index in [9.17, 15) is 22.8 Å². The number of amides is 2. The molecule has 0 bridgehead atoms. The fraction of sp³-hybridized carbons (Fsp3) is 0.500. The highest BCUT2D eigenvalue weighted by atomic mass is 32.2. The van der Waals surface area contributed by atoms with E-state index in [1.54, 1.807) is 4.90 Å². The van der Waals surface area contributed by atoms with Crippen molar-refractivity contribution >= 4 is 32.9 Å². The molecule has 0 unspecified atom stereocenters. The number of carbonyl (C=O) groups is 2. The molecule has 1 aliphatic rings. The van der Waals surface area contributed by atoms with Crippen LogP contribution >= 0.6 is 0 Å². The third kappa shape index (κ3) is 4.40. The lowest BCUT2D eigenvalue weighted by Gasteiger charge is -2.36. The number of carbonyl (C=O) groups excluding carboxylic acids is 2. The summed E-state index contributed by atoms with van der Waals surface area (Å²) in [5.41, 5.74) is 5.84. The second-order valence-electron chi connectivity index (χ2n) is 7.51. The van der Waals surface area contributed by atoms with Crippen LogP contribution in [-0.2, 0) is 19.6 Å². The zero-order valence-electron chi connectivity index (χ0n) is 16.8. The van der Waals surface area contributed by atoms with Gasteiger partial charge in [-0.1, -0.05) is 13.8 Å². The SMILES string of the molecule is CC(C)[C@@H](NC(=O)CN)C(=O)N1CCN(S(=O)(=O)c2ccc3[nH]c(=O)[nH]c3c2)CC1. The van der Waals surface area contributed by atoms with Gasteiger partial charge in [-0.3, -0.25) is 9.59 Å². The Kier molecular flexibility index (Phi) is 6.29. The van der Waals surface area contributed by atoms with Gasteiger partial charge in [-0.2, -0.15) is 4.31 Å². The summed E-state index contributed by atoms with van der Waals surface area (Å²) >= 11 is 0. The number of nitrogens with zero attached hydrogens (tertiary/aromatic N) is 2. The lowest BCUT2D eigenvalue weighted by Crippen LogP contribution is -2.57. The molecular formula is C18H26N6O5S. The van der Waals surface area contributed by atoms with Gasteiger partial charge in [-0.05, 0) is 24.1 Å². The molecule has 1 saturated heterocycles. The van der Waals surface area contributed by atoms with Crippen molar-refractivity contribution < 1.29 is 18.0 Å². The Morgan fingerprint density at radius 2 is 1.77 bits per heavy atom. The van der Waals surface area contributed by atoms with Crippen molar-refractivity contribution in [2.75, 3.05) is 32.7 Å². The van der Waals surface area contributed by atoms with Gasteiger partial charge in [0.1, 0.15) is 6.04 Å². The minimum atomic E-state index is -3.78. The van der Waals surface area contributed by atoms with Crippen molar-refractivity contribution in [1.82, 2.24) is 24.5 Å². The maximum atomic E-state index is 13.0. The molecule has 1 aromatic heterocycles. The van der Waals surface area contributed by atoms with Gasteiger partial charge in [0, 0.05) is 26.2 Å². The fourth-order valence-electron chi connectivity index (χ4n) is 3.41. The number of nitrogens with one attached hydrogen (secondary N) is 3. The number of piperazine rings is 1. The van der Waals surface area contributed by atoms with Gasteiger partial charge >= 0.3 is 5.69 Å². The molecule has 1 aliphatic heterocycles. The van der Waals surface area contributed by atoms with Gasteiger partial charge in [0.25, 0.3) is 0 Å². The van der Waals surface area contributed by atoms with Gasteiger partial charge in [0.05, 0.1) is 22.5 Å².